The van der Waals surface area contributed by atoms with E-state index in [-0.39, 0.29) is 30.6 Å². The van der Waals surface area contributed by atoms with E-state index < -0.39 is 5.25 Å². The van der Waals surface area contributed by atoms with Gasteiger partial charge in [-0.3, -0.25) is 14.4 Å². The predicted octanol–water partition coefficient (Wildman–Crippen LogP) is 5.26. The van der Waals surface area contributed by atoms with E-state index in [1.54, 1.807) is 24.3 Å². The lowest BCUT2D eigenvalue weighted by atomic mass is 10.1. The van der Waals surface area contributed by atoms with E-state index in [0.717, 1.165) is 10.5 Å². The second kappa shape index (κ2) is 11.9. The highest BCUT2D eigenvalue weighted by atomic mass is 35.5. The molecular weight excluding hydrogens is 496 g/mol. The first kappa shape index (κ1) is 25.5. The molecule has 0 aromatic heterocycles. The number of hydrazone groups is 1. The molecule has 0 fully saturated rings. The predicted molar refractivity (Wildman–Crippen MR) is 144 cm³/mol. The Hall–Kier alpha value is -3.62. The van der Waals surface area contributed by atoms with Crippen molar-refractivity contribution < 1.29 is 14.4 Å². The van der Waals surface area contributed by atoms with Gasteiger partial charge in [0.1, 0.15) is 5.84 Å². The summed E-state index contributed by atoms with van der Waals surface area (Å²) >= 11 is 7.30. The van der Waals surface area contributed by atoms with Gasteiger partial charge in [0.25, 0.3) is 5.91 Å². The zero-order chi connectivity index (χ0) is 25.5. The zero-order valence-electron chi connectivity index (χ0n) is 19.6. The van der Waals surface area contributed by atoms with Crippen LogP contribution in [-0.2, 0) is 20.8 Å². The maximum Gasteiger partial charge on any atom is 0.255 e. The number of anilines is 2. The van der Waals surface area contributed by atoms with E-state index in [2.05, 4.69) is 15.7 Å². The summed E-state index contributed by atoms with van der Waals surface area (Å²) in [5.74, 6) is -0.229. The topological polar surface area (TPSA) is 90.9 Å². The highest BCUT2D eigenvalue weighted by Crippen LogP contribution is 2.28. The van der Waals surface area contributed by atoms with Crippen molar-refractivity contribution in [1.29, 1.82) is 0 Å². The average molecular weight is 521 g/mol. The van der Waals surface area contributed by atoms with Gasteiger partial charge >= 0.3 is 0 Å². The number of halogens is 1. The number of para-hydroxylation sites is 1. The van der Waals surface area contributed by atoms with Crippen molar-refractivity contribution in [3.8, 4) is 0 Å². The number of hydrogen-bond acceptors (Lipinski definition) is 5. The quantitative estimate of drug-likeness (QED) is 0.396. The molecule has 3 aromatic carbocycles. The molecule has 1 aliphatic rings. The fourth-order valence-electron chi connectivity index (χ4n) is 3.62. The molecule has 2 N–H and O–H groups in total. The van der Waals surface area contributed by atoms with Crippen LogP contribution >= 0.6 is 23.4 Å². The number of nitrogens with one attached hydrogen (secondary N) is 2. The van der Waals surface area contributed by atoms with Crippen LogP contribution in [0.1, 0.15) is 25.3 Å². The van der Waals surface area contributed by atoms with Gasteiger partial charge in [-0.05, 0) is 54.4 Å². The summed E-state index contributed by atoms with van der Waals surface area (Å²) in [6, 6.07) is 23.6. The number of carbonyl (C=O) groups excluding carboxylic acids is 3. The number of nitrogens with zero attached hydrogens (tertiary/aromatic N) is 2. The van der Waals surface area contributed by atoms with E-state index in [1.807, 2.05) is 61.5 Å². The molecule has 9 heteroatoms. The van der Waals surface area contributed by atoms with Crippen molar-refractivity contribution in [3.05, 3.63) is 89.4 Å². The van der Waals surface area contributed by atoms with Crippen molar-refractivity contribution in [1.82, 2.24) is 5.32 Å². The summed E-state index contributed by atoms with van der Waals surface area (Å²) in [7, 11) is 0. The summed E-state index contributed by atoms with van der Waals surface area (Å²) < 4.78 is 0. The van der Waals surface area contributed by atoms with Crippen LogP contribution in [-0.4, -0.2) is 28.8 Å². The molecule has 0 saturated carbocycles. The molecule has 0 aliphatic carbocycles. The number of hydrogen-bond donors (Lipinski definition) is 2. The first-order valence-corrected chi connectivity index (χ1v) is 12.7. The van der Waals surface area contributed by atoms with Gasteiger partial charge in [0.05, 0.1) is 23.8 Å². The van der Waals surface area contributed by atoms with E-state index in [0.29, 0.717) is 28.7 Å². The first-order chi connectivity index (χ1) is 17.4. The van der Waals surface area contributed by atoms with Crippen LogP contribution in [0.25, 0.3) is 0 Å². The maximum absolute atomic E-state index is 13.0. The number of rotatable bonds is 8. The van der Waals surface area contributed by atoms with Crippen molar-refractivity contribution in [3.63, 3.8) is 0 Å². The highest BCUT2D eigenvalue weighted by Gasteiger charge is 2.28. The van der Waals surface area contributed by atoms with Gasteiger partial charge in [-0.25, -0.2) is 0 Å². The molecule has 7 nitrogen and oxygen atoms in total. The van der Waals surface area contributed by atoms with Gasteiger partial charge in [-0.2, -0.15) is 10.1 Å². The Labute approximate surface area is 218 Å². The molecule has 1 unspecified atom stereocenters. The molecule has 184 valence electrons. The lowest BCUT2D eigenvalue weighted by molar-refractivity contribution is -0.119. The van der Waals surface area contributed by atoms with Crippen LogP contribution in [0, 0.1) is 0 Å². The third-order valence-electron chi connectivity index (χ3n) is 5.38. The van der Waals surface area contributed by atoms with E-state index in [1.165, 1.54) is 16.8 Å². The zero-order valence-corrected chi connectivity index (χ0v) is 21.2. The smallest absolute Gasteiger partial charge is 0.255 e. The molecule has 0 saturated heterocycles. The first-order valence-electron chi connectivity index (χ1n) is 11.5. The van der Waals surface area contributed by atoms with Crippen molar-refractivity contribution in [2.75, 3.05) is 10.3 Å². The third-order valence-corrected chi connectivity index (χ3v) is 6.99. The Morgan fingerprint density at radius 2 is 1.78 bits per heavy atom. The Balaban J connectivity index is 1.35. The summed E-state index contributed by atoms with van der Waals surface area (Å²) in [4.78, 5) is 38.6. The molecule has 36 heavy (non-hydrogen) atoms. The summed E-state index contributed by atoms with van der Waals surface area (Å²) in [6.07, 6.45) is 0.847. The molecule has 3 aromatic rings. The molecule has 1 atom stereocenters. The maximum atomic E-state index is 13.0. The van der Waals surface area contributed by atoms with Crippen molar-refractivity contribution in [2.45, 2.75) is 36.3 Å². The van der Waals surface area contributed by atoms with E-state index >= 15 is 0 Å². The van der Waals surface area contributed by atoms with Crippen LogP contribution in [0.15, 0.2) is 88.9 Å². The average Bonchev–Trinajstić information content (AvgIpc) is 3.24. The minimum atomic E-state index is -0.395. The minimum absolute atomic E-state index is 0.0386. The molecule has 0 bridgehead atoms. The van der Waals surface area contributed by atoms with Gasteiger partial charge in [0.15, 0.2) is 0 Å². The number of amidine groups is 1. The van der Waals surface area contributed by atoms with Gasteiger partial charge in [0, 0.05) is 15.6 Å². The lowest BCUT2D eigenvalue weighted by Crippen LogP contribution is -2.36. The SMILES string of the molecule is CCC(Sc1cccc(NC(=O)Cc2ccc(Cl)cc2)c1)C(=O)NC1=NN(c2ccccc2)C(=O)C1. The number of benzene rings is 3. The lowest BCUT2D eigenvalue weighted by Gasteiger charge is -2.15. The Morgan fingerprint density at radius 3 is 2.50 bits per heavy atom. The van der Waals surface area contributed by atoms with Gasteiger partial charge in [-0.1, -0.05) is 54.9 Å². The fourth-order valence-corrected chi connectivity index (χ4v) is 4.76. The standard InChI is InChI=1S/C27H25ClN4O3S/c1-2-23(27(35)30-24-17-26(34)32(31-24)21-8-4-3-5-9-21)36-22-10-6-7-20(16-22)29-25(33)15-18-11-13-19(28)14-12-18/h3-14,16,23H,2,15,17H2,1H3,(H,29,33)(H,30,31,35). The number of carbonyl (C=O) groups is 3. The van der Waals surface area contributed by atoms with Gasteiger partial charge < -0.3 is 10.6 Å². The second-order valence-corrected chi connectivity index (χ2v) is 9.86. The Morgan fingerprint density at radius 1 is 1.03 bits per heavy atom. The molecule has 1 heterocycles. The molecule has 0 radical (unpaired) electrons. The third kappa shape index (κ3) is 6.74. The fraction of sp³-hybridized carbons (Fsp3) is 0.185. The van der Waals surface area contributed by atoms with Crippen molar-refractivity contribution in [2.24, 2.45) is 5.10 Å². The normalized spacial score (nSPS) is 13.8. The number of thioether (sulfide) groups is 1. The number of amides is 3. The molecular formula is C27H25ClN4O3S. The van der Waals surface area contributed by atoms with Crippen LogP contribution in [0.4, 0.5) is 11.4 Å². The second-order valence-electron chi connectivity index (χ2n) is 8.15. The molecule has 4 rings (SSSR count). The minimum Gasteiger partial charge on any atom is -0.326 e. The summed E-state index contributed by atoms with van der Waals surface area (Å²) in [6.45, 7) is 1.92. The molecule has 3 amide bonds. The van der Waals surface area contributed by atoms with E-state index in [4.69, 9.17) is 11.6 Å². The van der Waals surface area contributed by atoms with Crippen LogP contribution in [0.3, 0.4) is 0 Å². The molecule has 1 aliphatic heterocycles. The van der Waals surface area contributed by atoms with Crippen molar-refractivity contribution >= 4 is 58.3 Å². The monoisotopic (exact) mass is 520 g/mol. The molecule has 0 spiro atoms. The Bertz CT molecular complexity index is 1280. The summed E-state index contributed by atoms with van der Waals surface area (Å²) in [5, 5.41) is 11.5. The Kier molecular flexibility index (Phi) is 8.40. The van der Waals surface area contributed by atoms with Gasteiger partial charge in [0.2, 0.25) is 11.8 Å². The van der Waals surface area contributed by atoms with Crippen LogP contribution < -0.4 is 15.6 Å². The largest absolute Gasteiger partial charge is 0.326 e. The summed E-state index contributed by atoms with van der Waals surface area (Å²) in [5.41, 5.74) is 2.17. The van der Waals surface area contributed by atoms with Crippen LogP contribution in [0.5, 0.6) is 0 Å². The van der Waals surface area contributed by atoms with Gasteiger partial charge in [-0.15, -0.1) is 11.8 Å². The van der Waals surface area contributed by atoms with Crippen LogP contribution in [0.2, 0.25) is 5.02 Å². The van der Waals surface area contributed by atoms with E-state index in [9.17, 15) is 14.4 Å². The highest BCUT2D eigenvalue weighted by molar-refractivity contribution is 8.00.